The third-order valence-corrected chi connectivity index (χ3v) is 5.07. The van der Waals surface area contributed by atoms with Gasteiger partial charge in [0, 0.05) is 0 Å². The van der Waals surface area contributed by atoms with Crippen LogP contribution in [0.5, 0.6) is 0 Å². The Hall–Kier alpha value is -1.59. The lowest BCUT2D eigenvalue weighted by molar-refractivity contribution is -0.173. The molecule has 0 saturated heterocycles. The number of nitrogens with two attached hydrogens (primary N) is 1. The Kier molecular flexibility index (Phi) is 3.18. The maximum absolute atomic E-state index is 12.4. The molecule has 3 N–H and O–H groups in total. The monoisotopic (exact) mass is 280 g/mol. The Morgan fingerprint density at radius 2 is 1.55 bits per heavy atom. The molecule has 20 heavy (non-hydrogen) atoms. The van der Waals surface area contributed by atoms with Gasteiger partial charge in [0.2, 0.25) is 0 Å². The second-order valence-corrected chi connectivity index (χ2v) is 6.69. The summed E-state index contributed by atoms with van der Waals surface area (Å²) in [7, 11) is 0. The summed E-state index contributed by atoms with van der Waals surface area (Å²) in [6, 6.07) is -0.930. The number of hydrogen-bond acceptors (Lipinski definition) is 4. The fraction of sp³-hybridized carbons (Fsp3) is 0.786. The van der Waals surface area contributed by atoms with Crippen molar-refractivity contribution in [3.63, 3.8) is 0 Å². The van der Waals surface area contributed by atoms with Crippen LogP contribution in [0.2, 0.25) is 0 Å². The summed E-state index contributed by atoms with van der Waals surface area (Å²) in [5, 5.41) is 1.89. The Labute approximate surface area is 117 Å². The van der Waals surface area contributed by atoms with E-state index in [0.29, 0.717) is 17.8 Å². The topological polar surface area (TPSA) is 98.5 Å². The van der Waals surface area contributed by atoms with Gasteiger partial charge in [-0.05, 0) is 56.3 Å². The van der Waals surface area contributed by atoms with Gasteiger partial charge in [-0.1, -0.05) is 0 Å². The first-order chi connectivity index (χ1) is 9.47. The van der Waals surface area contributed by atoms with Crippen LogP contribution in [0.4, 0.5) is 4.79 Å². The number of amides is 3. The number of nitrogens with one attached hydrogen (secondary N) is 1. The van der Waals surface area contributed by atoms with Crippen molar-refractivity contribution in [1.82, 2.24) is 5.32 Å². The lowest BCUT2D eigenvalue weighted by Gasteiger charge is -2.55. The molecule has 0 radical (unpaired) electrons. The third-order valence-electron chi connectivity index (χ3n) is 5.07. The number of hydrogen-bond donors (Lipinski definition) is 2. The van der Waals surface area contributed by atoms with Crippen LogP contribution in [0, 0.1) is 23.2 Å². The second-order valence-electron chi connectivity index (χ2n) is 6.69. The molecule has 0 atom stereocenters. The van der Waals surface area contributed by atoms with Crippen molar-refractivity contribution in [3.8, 4) is 0 Å². The molecule has 0 aliphatic heterocycles. The van der Waals surface area contributed by atoms with Crippen molar-refractivity contribution in [3.05, 3.63) is 0 Å². The molecule has 4 aliphatic carbocycles. The molecule has 110 valence electrons. The lowest BCUT2D eigenvalue weighted by Crippen LogP contribution is -2.51. The average molecular weight is 280 g/mol. The van der Waals surface area contributed by atoms with Crippen molar-refractivity contribution < 1.29 is 19.1 Å². The fourth-order valence-corrected chi connectivity index (χ4v) is 4.82. The number of esters is 1. The normalized spacial score (nSPS) is 37.5. The summed E-state index contributed by atoms with van der Waals surface area (Å²) in [6.45, 7) is -0.427. The van der Waals surface area contributed by atoms with Gasteiger partial charge in [-0.15, -0.1) is 0 Å². The minimum Gasteiger partial charge on any atom is -0.455 e. The third kappa shape index (κ3) is 2.39. The standard InChI is InChI=1S/C14H20N2O4/c15-13(19)16-11(17)7-20-12(18)14-4-8-1-9(5-14)3-10(2-8)6-14/h8-10H,1-7H2,(H3,15,16,17,19). The van der Waals surface area contributed by atoms with Gasteiger partial charge in [-0.3, -0.25) is 14.9 Å². The molecule has 4 bridgehead atoms. The van der Waals surface area contributed by atoms with Gasteiger partial charge >= 0.3 is 12.0 Å². The summed E-state index contributed by atoms with van der Waals surface area (Å²) in [4.78, 5) is 34.2. The molecule has 0 unspecified atom stereocenters. The van der Waals surface area contributed by atoms with E-state index in [1.165, 1.54) is 19.3 Å². The number of primary amides is 1. The van der Waals surface area contributed by atoms with Crippen LogP contribution in [0.3, 0.4) is 0 Å². The fourth-order valence-electron chi connectivity index (χ4n) is 4.82. The Morgan fingerprint density at radius 1 is 1.05 bits per heavy atom. The first kappa shape index (κ1) is 13.4. The van der Waals surface area contributed by atoms with E-state index in [1.807, 2.05) is 5.32 Å². The Balaban J connectivity index is 1.60. The molecule has 0 aromatic carbocycles. The molecule has 6 nitrogen and oxygen atoms in total. The molecule has 4 fully saturated rings. The molecule has 0 aromatic rings. The van der Waals surface area contributed by atoms with Gasteiger partial charge in [-0.2, -0.15) is 0 Å². The summed E-state index contributed by atoms with van der Waals surface area (Å²) in [5.74, 6) is 1.00. The van der Waals surface area contributed by atoms with E-state index in [-0.39, 0.29) is 11.4 Å². The molecular weight excluding hydrogens is 260 g/mol. The SMILES string of the molecule is NC(=O)NC(=O)COC(=O)C12CC3CC(CC(C3)C1)C2. The van der Waals surface area contributed by atoms with Crippen LogP contribution < -0.4 is 11.1 Å². The van der Waals surface area contributed by atoms with E-state index in [1.54, 1.807) is 0 Å². The van der Waals surface area contributed by atoms with Gasteiger partial charge in [0.25, 0.3) is 5.91 Å². The van der Waals surface area contributed by atoms with E-state index >= 15 is 0 Å². The predicted octanol–water partition coefficient (Wildman–Crippen LogP) is 0.941. The maximum Gasteiger partial charge on any atom is 0.318 e. The van der Waals surface area contributed by atoms with Gasteiger partial charge in [-0.25, -0.2) is 4.79 Å². The average Bonchev–Trinajstić information content (AvgIpc) is 2.33. The van der Waals surface area contributed by atoms with E-state index in [4.69, 9.17) is 10.5 Å². The number of imide groups is 1. The van der Waals surface area contributed by atoms with Gasteiger partial charge in [0.15, 0.2) is 6.61 Å². The molecule has 4 saturated carbocycles. The second kappa shape index (κ2) is 4.75. The number of ether oxygens (including phenoxy) is 1. The highest BCUT2D eigenvalue weighted by Gasteiger charge is 2.55. The molecule has 3 amide bonds. The zero-order valence-corrected chi connectivity index (χ0v) is 11.4. The largest absolute Gasteiger partial charge is 0.455 e. The smallest absolute Gasteiger partial charge is 0.318 e. The zero-order chi connectivity index (χ0) is 14.3. The number of rotatable bonds is 3. The molecular formula is C14H20N2O4. The molecule has 0 spiro atoms. The summed E-state index contributed by atoms with van der Waals surface area (Å²) in [6.07, 6.45) is 6.43. The van der Waals surface area contributed by atoms with Crippen LogP contribution in [-0.2, 0) is 14.3 Å². The van der Waals surface area contributed by atoms with Crippen LogP contribution in [0.25, 0.3) is 0 Å². The van der Waals surface area contributed by atoms with Crippen LogP contribution in [-0.4, -0.2) is 24.5 Å². The number of carbonyl (C=O) groups excluding carboxylic acids is 3. The number of urea groups is 1. The Bertz CT molecular complexity index is 425. The number of carbonyl (C=O) groups is 3. The van der Waals surface area contributed by atoms with E-state index < -0.39 is 18.5 Å². The highest BCUT2D eigenvalue weighted by molar-refractivity contribution is 5.95. The maximum atomic E-state index is 12.4. The van der Waals surface area contributed by atoms with E-state index in [2.05, 4.69) is 0 Å². The predicted molar refractivity (Wildman–Crippen MR) is 69.3 cm³/mol. The van der Waals surface area contributed by atoms with E-state index in [9.17, 15) is 14.4 Å². The minimum atomic E-state index is -0.930. The van der Waals surface area contributed by atoms with Crippen molar-refractivity contribution in [2.24, 2.45) is 28.9 Å². The Morgan fingerprint density at radius 3 is 2.00 bits per heavy atom. The molecule has 4 rings (SSSR count). The van der Waals surface area contributed by atoms with Gasteiger partial charge < -0.3 is 10.5 Å². The lowest BCUT2D eigenvalue weighted by atomic mass is 9.49. The summed E-state index contributed by atoms with van der Waals surface area (Å²) in [5.41, 5.74) is 4.46. The van der Waals surface area contributed by atoms with Gasteiger partial charge in [0.05, 0.1) is 5.41 Å². The van der Waals surface area contributed by atoms with Gasteiger partial charge in [0.1, 0.15) is 0 Å². The van der Waals surface area contributed by atoms with Crippen molar-refractivity contribution in [2.45, 2.75) is 38.5 Å². The van der Waals surface area contributed by atoms with Crippen LogP contribution >= 0.6 is 0 Å². The van der Waals surface area contributed by atoms with E-state index in [0.717, 1.165) is 19.3 Å². The molecule has 6 heteroatoms. The first-order valence-corrected chi connectivity index (χ1v) is 7.23. The molecule has 0 aromatic heterocycles. The minimum absolute atomic E-state index is 0.267. The molecule has 0 heterocycles. The highest BCUT2D eigenvalue weighted by Crippen LogP contribution is 2.60. The first-order valence-electron chi connectivity index (χ1n) is 7.23. The van der Waals surface area contributed by atoms with Crippen molar-refractivity contribution >= 4 is 17.9 Å². The summed E-state index contributed by atoms with van der Waals surface area (Å²) < 4.78 is 5.13. The molecule has 4 aliphatic rings. The zero-order valence-electron chi connectivity index (χ0n) is 11.4. The summed E-state index contributed by atoms with van der Waals surface area (Å²) >= 11 is 0. The highest BCUT2D eigenvalue weighted by atomic mass is 16.5. The quantitative estimate of drug-likeness (QED) is 0.752. The van der Waals surface area contributed by atoms with Crippen LogP contribution in [0.15, 0.2) is 0 Å². The van der Waals surface area contributed by atoms with Crippen molar-refractivity contribution in [2.75, 3.05) is 6.61 Å². The van der Waals surface area contributed by atoms with Crippen molar-refractivity contribution in [1.29, 1.82) is 0 Å². The van der Waals surface area contributed by atoms with Crippen LogP contribution in [0.1, 0.15) is 38.5 Å².